The van der Waals surface area contributed by atoms with E-state index in [1.165, 1.54) is 7.11 Å². The van der Waals surface area contributed by atoms with Gasteiger partial charge in [0.05, 0.1) is 6.61 Å². The molecule has 0 spiro atoms. The second-order valence-corrected chi connectivity index (χ2v) is 6.22. The number of hydrogen-bond donors (Lipinski definition) is 0. The van der Waals surface area contributed by atoms with Crippen LogP contribution >= 0.6 is 0 Å². The first-order chi connectivity index (χ1) is 13.2. The van der Waals surface area contributed by atoms with Crippen LogP contribution in [0.4, 0.5) is 0 Å². The summed E-state index contributed by atoms with van der Waals surface area (Å²) in [6.45, 7) is 0.182. The molecule has 0 aliphatic carbocycles. The Labute approximate surface area is 160 Å². The van der Waals surface area contributed by atoms with Gasteiger partial charge >= 0.3 is 11.9 Å². The highest BCUT2D eigenvalue weighted by atomic mass is 16.6. The third kappa shape index (κ3) is 8.51. The van der Waals surface area contributed by atoms with Gasteiger partial charge in [0.25, 0.3) is 0 Å². The van der Waals surface area contributed by atoms with Gasteiger partial charge in [0.15, 0.2) is 6.10 Å². The number of rotatable bonds is 11. The van der Waals surface area contributed by atoms with E-state index < -0.39 is 6.10 Å². The first-order valence-corrected chi connectivity index (χ1v) is 9.09. The van der Waals surface area contributed by atoms with E-state index in [2.05, 4.69) is 0 Å². The van der Waals surface area contributed by atoms with Crippen molar-refractivity contribution in [2.24, 2.45) is 0 Å². The third-order valence-electron chi connectivity index (χ3n) is 4.00. The van der Waals surface area contributed by atoms with Crippen LogP contribution in [0.2, 0.25) is 0 Å². The van der Waals surface area contributed by atoms with Gasteiger partial charge in [0.2, 0.25) is 0 Å². The largest absolute Gasteiger partial charge is 0.462 e. The van der Waals surface area contributed by atoms with Gasteiger partial charge in [-0.2, -0.15) is 0 Å². The van der Waals surface area contributed by atoms with Crippen LogP contribution in [0.25, 0.3) is 0 Å². The summed E-state index contributed by atoms with van der Waals surface area (Å²) in [5, 5.41) is 0. The van der Waals surface area contributed by atoms with Crippen LogP contribution in [0.3, 0.4) is 0 Å². The molecule has 0 radical (unpaired) electrons. The molecular formula is C22H26O5. The molecule has 1 atom stereocenters. The average molecular weight is 370 g/mol. The summed E-state index contributed by atoms with van der Waals surface area (Å²) in [6.07, 6.45) is 1.18. The van der Waals surface area contributed by atoms with Gasteiger partial charge in [-0.1, -0.05) is 60.7 Å². The van der Waals surface area contributed by atoms with Crippen LogP contribution in [0.1, 0.15) is 24.0 Å². The number of benzene rings is 2. The lowest BCUT2D eigenvalue weighted by molar-refractivity contribution is -0.162. The molecule has 1 unspecified atom stereocenters. The summed E-state index contributed by atoms with van der Waals surface area (Å²) in [5.41, 5.74) is 2.15. The fourth-order valence-electron chi connectivity index (χ4n) is 2.59. The standard InChI is InChI=1S/C22H26O5/c1-25-16-20(27-22(24)15-13-19-10-6-3-7-11-19)17-26-21(23)14-12-18-8-4-2-5-9-18/h2-11,20H,12-17H2,1H3. The second-order valence-electron chi connectivity index (χ2n) is 6.22. The highest BCUT2D eigenvalue weighted by Gasteiger charge is 2.17. The first kappa shape index (κ1) is 20.6. The molecule has 144 valence electrons. The Kier molecular flexibility index (Phi) is 9.07. The number of aryl methyl sites for hydroxylation is 2. The summed E-state index contributed by atoms with van der Waals surface area (Å²) >= 11 is 0. The lowest BCUT2D eigenvalue weighted by Gasteiger charge is -2.17. The van der Waals surface area contributed by atoms with Crippen molar-refractivity contribution in [2.75, 3.05) is 20.3 Å². The molecule has 2 aromatic rings. The van der Waals surface area contributed by atoms with E-state index in [0.29, 0.717) is 12.8 Å². The van der Waals surface area contributed by atoms with E-state index in [0.717, 1.165) is 11.1 Å². The zero-order valence-electron chi connectivity index (χ0n) is 15.6. The highest BCUT2D eigenvalue weighted by molar-refractivity contribution is 5.70. The van der Waals surface area contributed by atoms with Crippen molar-refractivity contribution in [3.8, 4) is 0 Å². The average Bonchev–Trinajstić information content (AvgIpc) is 2.70. The highest BCUT2D eigenvalue weighted by Crippen LogP contribution is 2.07. The van der Waals surface area contributed by atoms with Crippen LogP contribution in [-0.2, 0) is 36.6 Å². The van der Waals surface area contributed by atoms with Gasteiger partial charge < -0.3 is 14.2 Å². The smallest absolute Gasteiger partial charge is 0.306 e. The topological polar surface area (TPSA) is 61.8 Å². The van der Waals surface area contributed by atoms with Crippen molar-refractivity contribution < 1.29 is 23.8 Å². The van der Waals surface area contributed by atoms with Gasteiger partial charge in [0.1, 0.15) is 6.61 Å². The van der Waals surface area contributed by atoms with Gasteiger partial charge in [-0.3, -0.25) is 9.59 Å². The van der Waals surface area contributed by atoms with Crippen LogP contribution in [0.15, 0.2) is 60.7 Å². The Morgan fingerprint density at radius 3 is 1.81 bits per heavy atom. The Balaban J connectivity index is 1.70. The third-order valence-corrected chi connectivity index (χ3v) is 4.00. The molecule has 0 bridgehead atoms. The molecule has 2 aromatic carbocycles. The second kappa shape index (κ2) is 11.9. The van der Waals surface area contributed by atoms with Gasteiger partial charge in [-0.05, 0) is 24.0 Å². The molecule has 0 aliphatic rings. The monoisotopic (exact) mass is 370 g/mol. The Bertz CT molecular complexity index is 684. The molecule has 5 nitrogen and oxygen atoms in total. The minimum absolute atomic E-state index is 0.00145. The first-order valence-electron chi connectivity index (χ1n) is 9.09. The van der Waals surface area contributed by atoms with Crippen LogP contribution in [0, 0.1) is 0 Å². The maximum Gasteiger partial charge on any atom is 0.306 e. The van der Waals surface area contributed by atoms with E-state index in [1.807, 2.05) is 60.7 Å². The number of esters is 2. The fraction of sp³-hybridized carbons (Fsp3) is 0.364. The number of methoxy groups -OCH3 is 1. The van der Waals surface area contributed by atoms with Crippen LogP contribution < -0.4 is 0 Å². The Morgan fingerprint density at radius 2 is 1.30 bits per heavy atom. The molecule has 0 N–H and O–H groups in total. The lowest BCUT2D eigenvalue weighted by atomic mass is 10.1. The van der Waals surface area contributed by atoms with E-state index >= 15 is 0 Å². The molecule has 0 heterocycles. The van der Waals surface area contributed by atoms with Crippen molar-refractivity contribution in [1.82, 2.24) is 0 Å². The van der Waals surface area contributed by atoms with Crippen LogP contribution in [0.5, 0.6) is 0 Å². The summed E-state index contributed by atoms with van der Waals surface area (Å²) in [7, 11) is 1.52. The molecule has 0 aliphatic heterocycles. The molecule has 27 heavy (non-hydrogen) atoms. The summed E-state index contributed by atoms with van der Waals surface area (Å²) in [5.74, 6) is -0.651. The minimum atomic E-state index is -0.598. The predicted octanol–water partition coefficient (Wildman–Crippen LogP) is 3.35. The molecular weight excluding hydrogens is 344 g/mol. The molecule has 5 heteroatoms. The van der Waals surface area contributed by atoms with Gasteiger partial charge in [-0.25, -0.2) is 0 Å². The number of hydrogen-bond acceptors (Lipinski definition) is 5. The lowest BCUT2D eigenvalue weighted by Crippen LogP contribution is -2.29. The SMILES string of the molecule is COCC(COC(=O)CCc1ccccc1)OC(=O)CCc1ccccc1. The zero-order valence-corrected chi connectivity index (χ0v) is 15.6. The van der Waals surface area contributed by atoms with Gasteiger partial charge in [-0.15, -0.1) is 0 Å². The van der Waals surface area contributed by atoms with Crippen LogP contribution in [-0.4, -0.2) is 38.4 Å². The number of carbonyl (C=O) groups is 2. The summed E-state index contributed by atoms with van der Waals surface area (Å²) in [6, 6.07) is 19.5. The van der Waals surface area contributed by atoms with Crippen molar-refractivity contribution in [2.45, 2.75) is 31.8 Å². The van der Waals surface area contributed by atoms with E-state index in [4.69, 9.17) is 14.2 Å². The maximum absolute atomic E-state index is 12.0. The van der Waals surface area contributed by atoms with Crippen molar-refractivity contribution in [3.05, 3.63) is 71.8 Å². The quantitative estimate of drug-likeness (QED) is 0.568. The number of ether oxygens (including phenoxy) is 3. The van der Waals surface area contributed by atoms with E-state index in [9.17, 15) is 9.59 Å². The van der Waals surface area contributed by atoms with Gasteiger partial charge in [0, 0.05) is 20.0 Å². The molecule has 2 rings (SSSR count). The summed E-state index contributed by atoms with van der Waals surface area (Å²) < 4.78 is 15.7. The molecule has 0 saturated carbocycles. The normalized spacial score (nSPS) is 11.6. The zero-order chi connectivity index (χ0) is 19.3. The Morgan fingerprint density at radius 1 is 0.778 bits per heavy atom. The minimum Gasteiger partial charge on any atom is -0.462 e. The van der Waals surface area contributed by atoms with E-state index in [1.54, 1.807) is 0 Å². The number of carbonyl (C=O) groups excluding carboxylic acids is 2. The van der Waals surface area contributed by atoms with Crippen molar-refractivity contribution >= 4 is 11.9 Å². The van der Waals surface area contributed by atoms with Crippen molar-refractivity contribution in [3.63, 3.8) is 0 Å². The maximum atomic E-state index is 12.0. The summed E-state index contributed by atoms with van der Waals surface area (Å²) in [4.78, 5) is 24.0. The fourth-order valence-corrected chi connectivity index (χ4v) is 2.59. The Hall–Kier alpha value is -2.66. The molecule has 0 saturated heterocycles. The predicted molar refractivity (Wildman–Crippen MR) is 102 cm³/mol. The van der Waals surface area contributed by atoms with E-state index in [-0.39, 0.29) is 38.0 Å². The molecule has 0 aromatic heterocycles. The van der Waals surface area contributed by atoms with Crippen molar-refractivity contribution in [1.29, 1.82) is 0 Å². The molecule has 0 amide bonds. The molecule has 0 fully saturated rings.